The number of hydrogen-bond acceptors (Lipinski definition) is 5. The Labute approximate surface area is 248 Å². The lowest BCUT2D eigenvalue weighted by Gasteiger charge is -2.53. The molecule has 2 aromatic carbocycles. The fraction of sp³-hybridized carbons (Fsp3) is 0.469. The summed E-state index contributed by atoms with van der Waals surface area (Å²) < 4.78 is 42.0. The minimum Gasteiger partial charge on any atom is -0.387 e. The molecule has 1 aliphatic carbocycles. The summed E-state index contributed by atoms with van der Waals surface area (Å²) in [6.07, 6.45) is 0.177. The molecule has 11 heteroatoms. The largest absolute Gasteiger partial charge is 0.417 e. The van der Waals surface area contributed by atoms with Gasteiger partial charge in [-0.1, -0.05) is 61.4 Å². The number of halogens is 3. The fourth-order valence-electron chi connectivity index (χ4n) is 7.28. The molecule has 0 unspecified atom stereocenters. The van der Waals surface area contributed by atoms with Crippen molar-refractivity contribution >= 4 is 6.03 Å². The van der Waals surface area contributed by atoms with Crippen LogP contribution in [-0.2, 0) is 12.7 Å². The number of likely N-dealkylation sites (tertiary alicyclic amines) is 1. The van der Waals surface area contributed by atoms with E-state index in [1.807, 2.05) is 40.1 Å². The minimum atomic E-state index is -4.59. The molecule has 6 rings (SSSR count). The van der Waals surface area contributed by atoms with Crippen molar-refractivity contribution in [2.45, 2.75) is 56.5 Å². The summed E-state index contributed by atoms with van der Waals surface area (Å²) >= 11 is 0. The first-order chi connectivity index (χ1) is 20.6. The summed E-state index contributed by atoms with van der Waals surface area (Å²) in [5.41, 5.74) is -2.44. The molecule has 0 bridgehead atoms. The van der Waals surface area contributed by atoms with E-state index in [4.69, 9.17) is 0 Å². The van der Waals surface area contributed by atoms with E-state index in [9.17, 15) is 27.9 Å². The second kappa shape index (κ2) is 11.4. The Hall–Kier alpha value is -3.70. The van der Waals surface area contributed by atoms with Crippen LogP contribution in [0.25, 0.3) is 11.3 Å². The topological polar surface area (TPSA) is 90.7 Å². The Kier molecular flexibility index (Phi) is 7.80. The summed E-state index contributed by atoms with van der Waals surface area (Å²) in [6.45, 7) is 2.63. The van der Waals surface area contributed by atoms with Crippen molar-refractivity contribution in [1.29, 1.82) is 0 Å². The van der Waals surface area contributed by atoms with E-state index in [-0.39, 0.29) is 36.3 Å². The van der Waals surface area contributed by atoms with E-state index in [0.717, 1.165) is 43.4 Å². The van der Waals surface area contributed by atoms with E-state index in [1.54, 1.807) is 0 Å². The Balaban J connectivity index is 1.23. The van der Waals surface area contributed by atoms with Crippen LogP contribution in [0.1, 0.15) is 49.3 Å². The molecular weight excluding hydrogens is 559 g/mol. The molecule has 2 N–H and O–H groups in total. The van der Waals surface area contributed by atoms with E-state index in [2.05, 4.69) is 10.3 Å². The third kappa shape index (κ3) is 5.56. The van der Waals surface area contributed by atoms with E-state index in [0.29, 0.717) is 32.7 Å². The van der Waals surface area contributed by atoms with Crippen LogP contribution in [0.15, 0.2) is 71.8 Å². The fourth-order valence-corrected chi connectivity index (χ4v) is 7.28. The Bertz CT molecular complexity index is 1520. The molecule has 3 aromatic rings. The summed E-state index contributed by atoms with van der Waals surface area (Å²) in [6, 6.07) is 16.0. The molecule has 3 fully saturated rings. The highest BCUT2D eigenvalue weighted by molar-refractivity contribution is 5.75. The number of alkyl halides is 3. The number of nitrogens with zero attached hydrogens (tertiary/aromatic N) is 4. The number of carbonyl (C=O) groups is 1. The first-order valence-electron chi connectivity index (χ1n) is 14.9. The van der Waals surface area contributed by atoms with Crippen LogP contribution in [0, 0.1) is 5.41 Å². The molecular formula is C32H36F3N5O3. The van der Waals surface area contributed by atoms with Gasteiger partial charge in [0.2, 0.25) is 0 Å². The van der Waals surface area contributed by atoms with Gasteiger partial charge in [0.05, 0.1) is 35.8 Å². The average molecular weight is 596 g/mol. The second-order valence-electron chi connectivity index (χ2n) is 12.1. The molecule has 1 aromatic heterocycles. The number of piperidine rings is 1. The van der Waals surface area contributed by atoms with Crippen LogP contribution in [0.3, 0.4) is 0 Å². The van der Waals surface area contributed by atoms with Gasteiger partial charge in [0.15, 0.2) is 0 Å². The molecule has 2 aliphatic heterocycles. The molecule has 228 valence electrons. The van der Waals surface area contributed by atoms with Crippen LogP contribution in [0.2, 0.25) is 0 Å². The molecule has 2 amide bonds. The van der Waals surface area contributed by atoms with Gasteiger partial charge in [-0.25, -0.2) is 9.78 Å². The number of urea groups is 1. The normalized spacial score (nSPS) is 24.0. The molecule has 43 heavy (non-hydrogen) atoms. The van der Waals surface area contributed by atoms with E-state index < -0.39 is 28.3 Å². The van der Waals surface area contributed by atoms with Gasteiger partial charge >= 0.3 is 12.2 Å². The van der Waals surface area contributed by atoms with Crippen molar-refractivity contribution in [2.75, 3.05) is 32.7 Å². The van der Waals surface area contributed by atoms with Crippen molar-refractivity contribution in [3.63, 3.8) is 0 Å². The van der Waals surface area contributed by atoms with Crippen molar-refractivity contribution in [2.24, 2.45) is 5.41 Å². The maximum Gasteiger partial charge on any atom is 0.417 e. The van der Waals surface area contributed by atoms with E-state index >= 15 is 0 Å². The van der Waals surface area contributed by atoms with Crippen LogP contribution in [0.5, 0.6) is 0 Å². The van der Waals surface area contributed by atoms with Crippen LogP contribution >= 0.6 is 0 Å². The van der Waals surface area contributed by atoms with Crippen LogP contribution in [0.4, 0.5) is 18.0 Å². The lowest BCUT2D eigenvalue weighted by molar-refractivity contribution is -0.137. The number of aromatic nitrogens is 2. The van der Waals surface area contributed by atoms with Crippen molar-refractivity contribution in [3.05, 3.63) is 88.5 Å². The third-order valence-corrected chi connectivity index (χ3v) is 9.60. The molecule has 1 spiro atoms. The minimum absolute atomic E-state index is 0.0393. The molecule has 3 heterocycles. The number of carbonyl (C=O) groups excluding carboxylic acids is 1. The standard InChI is InChI=1S/C32H36F3N5O3/c33-32(34,35)25-11-5-4-10-24(25)26-18-28(41)39(22-37-26)21-31(43)14-16-38(20-30(31)12-6-7-13-30)29(42)40-17-15-36-19-27(40)23-8-2-1-3-9-23/h1-5,8-11,18,22,27,36,43H,6-7,12-17,19-21H2/t27-,31+/m0/s1. The first-order valence-corrected chi connectivity index (χ1v) is 14.9. The van der Waals surface area contributed by atoms with Gasteiger partial charge in [-0.2, -0.15) is 13.2 Å². The summed E-state index contributed by atoms with van der Waals surface area (Å²) in [5.74, 6) is 0. The molecule has 2 saturated heterocycles. The van der Waals surface area contributed by atoms with Gasteiger partial charge in [0, 0.05) is 49.8 Å². The van der Waals surface area contributed by atoms with Crippen molar-refractivity contribution < 1.29 is 23.1 Å². The number of rotatable bonds is 4. The maximum atomic E-state index is 14.0. The maximum absolute atomic E-state index is 14.0. The highest BCUT2D eigenvalue weighted by Gasteiger charge is 2.56. The van der Waals surface area contributed by atoms with Gasteiger partial charge in [0.25, 0.3) is 5.56 Å². The molecule has 8 nitrogen and oxygen atoms in total. The number of hydrogen-bond donors (Lipinski definition) is 2. The lowest BCUT2D eigenvalue weighted by atomic mass is 9.66. The summed E-state index contributed by atoms with van der Waals surface area (Å²) in [5, 5.41) is 15.6. The average Bonchev–Trinajstić information content (AvgIpc) is 3.49. The second-order valence-corrected chi connectivity index (χ2v) is 12.1. The number of benzene rings is 2. The Morgan fingerprint density at radius 3 is 2.47 bits per heavy atom. The van der Waals surface area contributed by atoms with Gasteiger partial charge in [-0.05, 0) is 30.9 Å². The quantitative estimate of drug-likeness (QED) is 0.457. The SMILES string of the molecule is O=C(N1CC[C@@](O)(Cn2cnc(-c3ccccc3C(F)(F)F)cc2=O)C2(CCCC2)C1)N1CCNC[C@H]1c1ccccc1. The highest BCUT2D eigenvalue weighted by atomic mass is 19.4. The molecule has 3 aliphatic rings. The van der Waals surface area contributed by atoms with Crippen molar-refractivity contribution in [1.82, 2.24) is 24.7 Å². The molecule has 2 atom stereocenters. The Morgan fingerprint density at radius 2 is 1.74 bits per heavy atom. The number of amides is 2. The van der Waals surface area contributed by atoms with E-state index in [1.165, 1.54) is 29.1 Å². The summed E-state index contributed by atoms with van der Waals surface area (Å²) in [4.78, 5) is 35.2. The monoisotopic (exact) mass is 595 g/mol. The van der Waals surface area contributed by atoms with Gasteiger partial charge < -0.3 is 20.2 Å². The van der Waals surface area contributed by atoms with Crippen molar-refractivity contribution in [3.8, 4) is 11.3 Å². The zero-order valence-electron chi connectivity index (χ0n) is 23.9. The smallest absolute Gasteiger partial charge is 0.387 e. The van der Waals surface area contributed by atoms with Gasteiger partial charge in [0.1, 0.15) is 0 Å². The van der Waals surface area contributed by atoms with Gasteiger partial charge in [-0.15, -0.1) is 0 Å². The highest BCUT2D eigenvalue weighted by Crippen LogP contribution is 2.52. The first kappa shape index (κ1) is 29.4. The summed E-state index contributed by atoms with van der Waals surface area (Å²) in [7, 11) is 0. The predicted molar refractivity (Wildman–Crippen MR) is 155 cm³/mol. The van der Waals surface area contributed by atoms with Crippen LogP contribution in [-0.4, -0.2) is 68.8 Å². The number of piperazine rings is 1. The van der Waals surface area contributed by atoms with Gasteiger partial charge in [-0.3, -0.25) is 9.36 Å². The van der Waals surface area contributed by atoms with Crippen LogP contribution < -0.4 is 10.9 Å². The zero-order chi connectivity index (χ0) is 30.2. The molecule has 1 saturated carbocycles. The lowest BCUT2D eigenvalue weighted by Crippen LogP contribution is -2.64. The molecule has 0 radical (unpaired) electrons. The third-order valence-electron chi connectivity index (χ3n) is 9.60. The Morgan fingerprint density at radius 1 is 1.02 bits per heavy atom. The predicted octanol–water partition coefficient (Wildman–Crippen LogP) is 4.69. The number of aliphatic hydroxyl groups is 1. The zero-order valence-corrected chi connectivity index (χ0v) is 23.9. The number of nitrogens with one attached hydrogen (secondary N) is 1.